The molecule has 0 saturated heterocycles. The zero-order valence-electron chi connectivity index (χ0n) is 14.6. The molecule has 1 aromatic rings. The lowest BCUT2D eigenvalue weighted by Gasteiger charge is -2.20. The summed E-state index contributed by atoms with van der Waals surface area (Å²) in [4.78, 5) is 35.1. The highest BCUT2D eigenvalue weighted by Crippen LogP contribution is 2.21. The van der Waals surface area contributed by atoms with Crippen molar-refractivity contribution in [1.82, 2.24) is 0 Å². The van der Waals surface area contributed by atoms with Crippen LogP contribution in [-0.4, -0.2) is 37.7 Å². The molecule has 0 bridgehead atoms. The van der Waals surface area contributed by atoms with Gasteiger partial charge in [0.05, 0.1) is 31.5 Å². The minimum atomic E-state index is -0.910. The summed E-state index contributed by atoms with van der Waals surface area (Å²) < 4.78 is 28.2. The number of hydrogen-bond acceptors (Lipinski definition) is 7. The van der Waals surface area contributed by atoms with Crippen LogP contribution in [0.25, 0.3) is 0 Å². The third-order valence-corrected chi connectivity index (χ3v) is 2.74. The molecule has 0 fully saturated rings. The van der Waals surface area contributed by atoms with Crippen molar-refractivity contribution in [3.63, 3.8) is 0 Å². The zero-order valence-corrected chi connectivity index (χ0v) is 14.6. The van der Waals surface area contributed by atoms with Gasteiger partial charge in [0.1, 0.15) is 17.1 Å². The van der Waals surface area contributed by atoms with Gasteiger partial charge in [-0.2, -0.15) is 0 Å². The first-order valence-corrected chi connectivity index (χ1v) is 7.25. The molecule has 0 heterocycles. The predicted molar refractivity (Wildman–Crippen MR) is 87.3 cm³/mol. The Morgan fingerprint density at radius 1 is 1.12 bits per heavy atom. The lowest BCUT2D eigenvalue weighted by Crippen LogP contribution is -2.24. The molecule has 1 aromatic carbocycles. The molecule has 25 heavy (non-hydrogen) atoms. The van der Waals surface area contributed by atoms with Gasteiger partial charge in [-0.15, -0.1) is 0 Å². The molecular weight excluding hydrogens is 333 g/mol. The van der Waals surface area contributed by atoms with Crippen molar-refractivity contribution in [2.75, 3.05) is 19.5 Å². The summed E-state index contributed by atoms with van der Waals surface area (Å²) in [5, 5.41) is 2.42. The fourth-order valence-corrected chi connectivity index (χ4v) is 1.66. The molecule has 0 saturated carbocycles. The number of halogens is 1. The van der Waals surface area contributed by atoms with E-state index in [0.29, 0.717) is 0 Å². The Bertz CT molecular complexity index is 706. The van der Waals surface area contributed by atoms with E-state index in [1.165, 1.54) is 6.07 Å². The molecular formula is C17H20FNO6. The van der Waals surface area contributed by atoms with Crippen molar-refractivity contribution in [3.05, 3.63) is 41.4 Å². The van der Waals surface area contributed by atoms with Gasteiger partial charge in [0.15, 0.2) is 0 Å². The number of ether oxygens (including phenoxy) is 3. The lowest BCUT2D eigenvalue weighted by atomic mass is 10.1. The highest BCUT2D eigenvalue weighted by Gasteiger charge is 2.20. The minimum Gasteiger partial charge on any atom is -0.466 e. The molecule has 136 valence electrons. The van der Waals surface area contributed by atoms with Gasteiger partial charge in [-0.1, -0.05) is 0 Å². The molecule has 0 spiro atoms. The van der Waals surface area contributed by atoms with E-state index in [1.807, 2.05) is 0 Å². The van der Waals surface area contributed by atoms with Crippen LogP contribution >= 0.6 is 0 Å². The molecule has 8 heteroatoms. The van der Waals surface area contributed by atoms with Gasteiger partial charge in [0, 0.05) is 0 Å². The van der Waals surface area contributed by atoms with E-state index < -0.39 is 29.3 Å². The van der Waals surface area contributed by atoms with Gasteiger partial charge in [0.2, 0.25) is 0 Å². The van der Waals surface area contributed by atoms with Crippen LogP contribution < -0.4 is 5.32 Å². The maximum absolute atomic E-state index is 14.0. The van der Waals surface area contributed by atoms with Crippen LogP contribution in [0, 0.1) is 5.82 Å². The number of methoxy groups -OCH3 is 2. The second-order valence-electron chi connectivity index (χ2n) is 5.89. The molecule has 0 aliphatic heterocycles. The van der Waals surface area contributed by atoms with Gasteiger partial charge < -0.3 is 19.5 Å². The highest BCUT2D eigenvalue weighted by atomic mass is 19.1. The summed E-state index contributed by atoms with van der Waals surface area (Å²) in [6, 6.07) is 3.45. The summed E-state index contributed by atoms with van der Waals surface area (Å²) in [5.74, 6) is -3.15. The third kappa shape index (κ3) is 6.25. The van der Waals surface area contributed by atoms with Crippen LogP contribution in [0.5, 0.6) is 0 Å². The number of benzene rings is 1. The van der Waals surface area contributed by atoms with E-state index in [2.05, 4.69) is 14.8 Å². The summed E-state index contributed by atoms with van der Waals surface area (Å²) in [5.41, 5.74) is -1.21. The van der Waals surface area contributed by atoms with Gasteiger partial charge in [-0.3, -0.25) is 0 Å². The third-order valence-electron chi connectivity index (χ3n) is 2.74. The number of carbonyl (C=O) groups is 3. The van der Waals surface area contributed by atoms with Crippen molar-refractivity contribution >= 4 is 23.6 Å². The van der Waals surface area contributed by atoms with E-state index in [9.17, 15) is 18.8 Å². The van der Waals surface area contributed by atoms with Crippen LogP contribution in [0.3, 0.4) is 0 Å². The zero-order chi connectivity index (χ0) is 19.2. The van der Waals surface area contributed by atoms with Crippen LogP contribution in [0.15, 0.2) is 30.0 Å². The molecule has 0 radical (unpaired) electrons. The second kappa shape index (κ2) is 8.27. The quantitative estimate of drug-likeness (QED) is 0.494. The average molecular weight is 353 g/mol. The first kappa shape index (κ1) is 20.1. The summed E-state index contributed by atoms with van der Waals surface area (Å²) in [6.07, 6.45) is 0.811. The number of hydrogen-bond donors (Lipinski definition) is 1. The highest BCUT2D eigenvalue weighted by molar-refractivity contribution is 5.99. The Hall–Kier alpha value is -2.90. The van der Waals surface area contributed by atoms with Crippen molar-refractivity contribution in [1.29, 1.82) is 0 Å². The first-order valence-electron chi connectivity index (χ1n) is 7.25. The van der Waals surface area contributed by atoms with E-state index in [4.69, 9.17) is 4.74 Å². The second-order valence-corrected chi connectivity index (χ2v) is 5.89. The number of esters is 3. The molecule has 0 aliphatic rings. The molecule has 0 atom stereocenters. The number of rotatable bonds is 5. The molecule has 0 aliphatic carbocycles. The fourth-order valence-electron chi connectivity index (χ4n) is 1.66. The smallest absolute Gasteiger partial charge is 0.354 e. The van der Waals surface area contributed by atoms with Gasteiger partial charge in [-0.25, -0.2) is 18.8 Å². The topological polar surface area (TPSA) is 90.9 Å². The molecule has 0 unspecified atom stereocenters. The van der Waals surface area contributed by atoms with Gasteiger partial charge in [0.25, 0.3) is 0 Å². The van der Waals surface area contributed by atoms with Crippen molar-refractivity contribution in [2.24, 2.45) is 0 Å². The summed E-state index contributed by atoms with van der Waals surface area (Å²) >= 11 is 0. The van der Waals surface area contributed by atoms with Crippen molar-refractivity contribution in [2.45, 2.75) is 26.4 Å². The normalized spacial score (nSPS) is 11.5. The lowest BCUT2D eigenvalue weighted by molar-refractivity contribution is -0.138. The van der Waals surface area contributed by atoms with E-state index in [1.54, 1.807) is 20.8 Å². The Balaban J connectivity index is 3.17. The standard InChI is InChI=1S/C17H20FNO6/c1-17(2,3)25-15(21)10-6-7-11(18)12(8-10)19-13(16(22)24-5)9-14(20)23-4/h6-9,19H,1-5H3/b13-9+. The maximum atomic E-state index is 14.0. The summed E-state index contributed by atoms with van der Waals surface area (Å²) in [6.45, 7) is 5.09. The Kier molecular flexibility index (Phi) is 6.67. The Morgan fingerprint density at radius 3 is 2.28 bits per heavy atom. The van der Waals surface area contributed by atoms with E-state index >= 15 is 0 Å². The Morgan fingerprint density at radius 2 is 1.76 bits per heavy atom. The number of anilines is 1. The van der Waals surface area contributed by atoms with Gasteiger partial charge in [-0.05, 0) is 39.0 Å². The molecule has 0 aromatic heterocycles. The monoisotopic (exact) mass is 353 g/mol. The summed E-state index contributed by atoms with van der Waals surface area (Å²) in [7, 11) is 2.22. The fraction of sp³-hybridized carbons (Fsp3) is 0.353. The van der Waals surface area contributed by atoms with Crippen LogP contribution in [-0.2, 0) is 23.8 Å². The largest absolute Gasteiger partial charge is 0.466 e. The molecule has 0 amide bonds. The van der Waals surface area contributed by atoms with Gasteiger partial charge >= 0.3 is 17.9 Å². The maximum Gasteiger partial charge on any atom is 0.354 e. The first-order chi connectivity index (χ1) is 11.6. The minimum absolute atomic E-state index is 0.0705. The predicted octanol–water partition coefficient (Wildman–Crippen LogP) is 2.42. The molecule has 7 nitrogen and oxygen atoms in total. The van der Waals surface area contributed by atoms with Crippen molar-refractivity contribution < 1.29 is 33.0 Å². The van der Waals surface area contributed by atoms with E-state index in [0.717, 1.165) is 32.4 Å². The SMILES string of the molecule is COC(=O)/C=C(/Nc1cc(C(=O)OC(C)(C)C)ccc1F)C(=O)OC. The molecule has 1 N–H and O–H groups in total. The number of carbonyl (C=O) groups excluding carboxylic acids is 3. The van der Waals surface area contributed by atoms with Crippen LogP contribution in [0.1, 0.15) is 31.1 Å². The Labute approximate surface area is 144 Å². The number of nitrogens with one attached hydrogen (secondary N) is 1. The van der Waals surface area contributed by atoms with E-state index in [-0.39, 0.29) is 16.9 Å². The van der Waals surface area contributed by atoms with Crippen molar-refractivity contribution in [3.8, 4) is 0 Å². The van der Waals surface area contributed by atoms with Crippen LogP contribution in [0.2, 0.25) is 0 Å². The average Bonchev–Trinajstić information content (AvgIpc) is 2.53. The molecule has 1 rings (SSSR count). The van der Waals surface area contributed by atoms with Crippen LogP contribution in [0.4, 0.5) is 10.1 Å².